The number of nitrogens with two attached hydrogens (primary N) is 1. The molecule has 0 saturated heterocycles. The molecule has 0 rings (SSSR count). The smallest absolute Gasteiger partial charge is 0.214 e. The lowest BCUT2D eigenvalue weighted by molar-refractivity contribution is -0.115. The molecule has 0 unspecified atom stereocenters. The number of rotatable bonds is 2. The van der Waals surface area contributed by atoms with Gasteiger partial charge in [-0.2, -0.15) is 0 Å². The number of carbonyl (C=O) groups is 1. The van der Waals surface area contributed by atoms with Crippen LogP contribution >= 0.6 is 0 Å². The zero-order valence-corrected chi connectivity index (χ0v) is 8.05. The Hall–Kier alpha value is -0.570. The Morgan fingerprint density at radius 2 is 1.36 bits per heavy atom. The first-order chi connectivity index (χ1) is 4.86. The van der Waals surface area contributed by atoms with Gasteiger partial charge < -0.3 is 10.5 Å². The zero-order chi connectivity index (χ0) is 9.44. The SMILES string of the molecule is CC(C)OC(C)C.CC(N)=O. The summed E-state index contributed by atoms with van der Waals surface area (Å²) >= 11 is 0. The predicted molar refractivity (Wildman–Crippen MR) is 46.2 cm³/mol. The fourth-order valence-corrected chi connectivity index (χ4v) is 0.544. The number of amides is 1. The van der Waals surface area contributed by atoms with Gasteiger partial charge in [-0.05, 0) is 27.7 Å². The van der Waals surface area contributed by atoms with Crippen LogP contribution in [0.2, 0.25) is 0 Å². The van der Waals surface area contributed by atoms with Gasteiger partial charge in [0.15, 0.2) is 0 Å². The molecule has 0 aliphatic heterocycles. The molecule has 11 heavy (non-hydrogen) atoms. The van der Waals surface area contributed by atoms with Crippen molar-refractivity contribution in [2.75, 3.05) is 0 Å². The Morgan fingerprint density at radius 3 is 1.36 bits per heavy atom. The summed E-state index contributed by atoms with van der Waals surface area (Å²) in [6, 6.07) is 0. The minimum absolute atomic E-state index is 0.333. The second kappa shape index (κ2) is 7.54. The van der Waals surface area contributed by atoms with Crippen molar-refractivity contribution in [2.24, 2.45) is 5.73 Å². The molecular weight excluding hydrogens is 142 g/mol. The maximum atomic E-state index is 9.22. The average Bonchev–Trinajstić information content (AvgIpc) is 1.56. The van der Waals surface area contributed by atoms with E-state index in [1.165, 1.54) is 6.92 Å². The summed E-state index contributed by atoms with van der Waals surface area (Å²) in [5.74, 6) is -0.333. The standard InChI is InChI=1S/C6H14O.C2H5NO/c1-5(2)7-6(3)4;1-2(3)4/h5-6H,1-4H3;1H3,(H2,3,4). The summed E-state index contributed by atoms with van der Waals surface area (Å²) in [5.41, 5.74) is 4.47. The second-order valence-electron chi connectivity index (χ2n) is 2.84. The van der Waals surface area contributed by atoms with Gasteiger partial charge >= 0.3 is 0 Å². The van der Waals surface area contributed by atoms with Crippen molar-refractivity contribution in [1.82, 2.24) is 0 Å². The van der Waals surface area contributed by atoms with Gasteiger partial charge in [-0.3, -0.25) is 4.79 Å². The summed E-state index contributed by atoms with van der Waals surface area (Å²) < 4.78 is 5.25. The molecule has 3 heteroatoms. The van der Waals surface area contributed by atoms with E-state index in [-0.39, 0.29) is 5.91 Å². The Labute approximate surface area is 68.9 Å². The molecule has 0 fully saturated rings. The molecule has 0 aromatic heterocycles. The number of primary amides is 1. The molecule has 0 aromatic carbocycles. The molecular formula is C8H19NO2. The normalized spacial score (nSPS) is 9.36. The lowest BCUT2D eigenvalue weighted by Crippen LogP contribution is -2.09. The van der Waals surface area contributed by atoms with Crippen molar-refractivity contribution >= 4 is 5.91 Å². The molecule has 1 amide bonds. The van der Waals surface area contributed by atoms with Gasteiger partial charge in [0, 0.05) is 6.92 Å². The summed E-state index contributed by atoms with van der Waals surface area (Å²) in [6.45, 7) is 9.47. The summed E-state index contributed by atoms with van der Waals surface area (Å²) in [4.78, 5) is 9.22. The van der Waals surface area contributed by atoms with Crippen molar-refractivity contribution < 1.29 is 9.53 Å². The number of ether oxygens (including phenoxy) is 1. The molecule has 0 aliphatic carbocycles. The van der Waals surface area contributed by atoms with Gasteiger partial charge in [-0.1, -0.05) is 0 Å². The highest BCUT2D eigenvalue weighted by Gasteiger charge is 1.94. The summed E-state index contributed by atoms with van der Waals surface area (Å²) in [5, 5.41) is 0. The van der Waals surface area contributed by atoms with Crippen molar-refractivity contribution in [3.8, 4) is 0 Å². The molecule has 0 radical (unpaired) electrons. The monoisotopic (exact) mass is 161 g/mol. The number of hydrogen-bond acceptors (Lipinski definition) is 2. The highest BCUT2D eigenvalue weighted by atomic mass is 16.5. The van der Waals surface area contributed by atoms with Crippen molar-refractivity contribution in [1.29, 1.82) is 0 Å². The third-order valence-corrected chi connectivity index (χ3v) is 0.544. The Kier molecular flexibility index (Phi) is 8.94. The molecule has 0 aromatic rings. The lowest BCUT2D eigenvalue weighted by Gasteiger charge is -2.09. The molecule has 0 atom stereocenters. The summed E-state index contributed by atoms with van der Waals surface area (Å²) in [7, 11) is 0. The zero-order valence-electron chi connectivity index (χ0n) is 8.05. The Balaban J connectivity index is 0. The van der Waals surface area contributed by atoms with Gasteiger partial charge in [0.25, 0.3) is 0 Å². The van der Waals surface area contributed by atoms with Crippen LogP contribution in [0.3, 0.4) is 0 Å². The van der Waals surface area contributed by atoms with Gasteiger partial charge in [-0.15, -0.1) is 0 Å². The maximum Gasteiger partial charge on any atom is 0.214 e. The van der Waals surface area contributed by atoms with Gasteiger partial charge in [0.05, 0.1) is 12.2 Å². The largest absolute Gasteiger partial charge is 0.376 e. The van der Waals surface area contributed by atoms with E-state index in [0.717, 1.165) is 0 Å². The fourth-order valence-electron chi connectivity index (χ4n) is 0.544. The highest BCUT2D eigenvalue weighted by molar-refractivity contribution is 5.70. The van der Waals surface area contributed by atoms with Crippen LogP contribution < -0.4 is 5.73 Å². The second-order valence-corrected chi connectivity index (χ2v) is 2.84. The first-order valence-electron chi connectivity index (χ1n) is 3.77. The van der Waals surface area contributed by atoms with E-state index in [2.05, 4.69) is 5.73 Å². The number of hydrogen-bond donors (Lipinski definition) is 1. The average molecular weight is 161 g/mol. The third kappa shape index (κ3) is 44.2. The van der Waals surface area contributed by atoms with Crippen molar-refractivity contribution in [2.45, 2.75) is 46.8 Å². The van der Waals surface area contributed by atoms with E-state index < -0.39 is 0 Å². The van der Waals surface area contributed by atoms with E-state index in [4.69, 9.17) is 4.74 Å². The minimum atomic E-state index is -0.333. The molecule has 0 aliphatic rings. The van der Waals surface area contributed by atoms with Gasteiger partial charge in [-0.25, -0.2) is 0 Å². The quantitative estimate of drug-likeness (QED) is 0.664. The van der Waals surface area contributed by atoms with E-state index in [9.17, 15) is 4.79 Å². The highest BCUT2D eigenvalue weighted by Crippen LogP contribution is 1.93. The maximum absolute atomic E-state index is 9.22. The van der Waals surface area contributed by atoms with Gasteiger partial charge in [0.2, 0.25) is 5.91 Å². The Morgan fingerprint density at radius 1 is 1.18 bits per heavy atom. The third-order valence-electron chi connectivity index (χ3n) is 0.544. The Bertz CT molecular complexity index is 90.3. The fraction of sp³-hybridized carbons (Fsp3) is 0.875. The van der Waals surface area contributed by atoms with Crippen molar-refractivity contribution in [3.63, 3.8) is 0 Å². The molecule has 2 N–H and O–H groups in total. The molecule has 3 nitrogen and oxygen atoms in total. The lowest BCUT2D eigenvalue weighted by atomic mass is 10.4. The van der Waals surface area contributed by atoms with Crippen LogP contribution in [-0.2, 0) is 9.53 Å². The van der Waals surface area contributed by atoms with Crippen LogP contribution in [0.5, 0.6) is 0 Å². The van der Waals surface area contributed by atoms with Crippen molar-refractivity contribution in [3.05, 3.63) is 0 Å². The van der Waals surface area contributed by atoms with E-state index in [0.29, 0.717) is 12.2 Å². The van der Waals surface area contributed by atoms with Crippen LogP contribution in [-0.4, -0.2) is 18.1 Å². The molecule has 0 heterocycles. The minimum Gasteiger partial charge on any atom is -0.376 e. The van der Waals surface area contributed by atoms with E-state index >= 15 is 0 Å². The first kappa shape index (κ1) is 13.1. The van der Waals surface area contributed by atoms with E-state index in [1.807, 2.05) is 27.7 Å². The number of carbonyl (C=O) groups excluding carboxylic acids is 1. The van der Waals surface area contributed by atoms with E-state index in [1.54, 1.807) is 0 Å². The molecule has 0 saturated carbocycles. The predicted octanol–water partition coefficient (Wildman–Crippen LogP) is 1.31. The molecule has 68 valence electrons. The summed E-state index contributed by atoms with van der Waals surface area (Å²) in [6.07, 6.45) is 0.750. The van der Waals surface area contributed by atoms with Crippen LogP contribution in [0.4, 0.5) is 0 Å². The molecule has 0 bridgehead atoms. The van der Waals surface area contributed by atoms with Crippen LogP contribution in [0.15, 0.2) is 0 Å². The van der Waals surface area contributed by atoms with Crippen LogP contribution in [0.25, 0.3) is 0 Å². The van der Waals surface area contributed by atoms with Crippen LogP contribution in [0.1, 0.15) is 34.6 Å². The molecule has 0 spiro atoms. The topological polar surface area (TPSA) is 52.3 Å². The van der Waals surface area contributed by atoms with Crippen LogP contribution in [0, 0.1) is 0 Å². The van der Waals surface area contributed by atoms with Gasteiger partial charge in [0.1, 0.15) is 0 Å². The first-order valence-corrected chi connectivity index (χ1v) is 3.77.